The van der Waals surface area contributed by atoms with Gasteiger partial charge in [-0.15, -0.1) is 0 Å². The number of aliphatic hydroxyl groups is 3. The maximum absolute atomic E-state index is 16.1. The normalized spacial score (nSPS) is 33.2. The molecule has 7 bridgehead atoms. The van der Waals surface area contributed by atoms with Crippen LogP contribution in [0.2, 0.25) is 0 Å². The van der Waals surface area contributed by atoms with Crippen LogP contribution in [0.15, 0.2) is 142 Å². The molecule has 90 heavy (non-hydrogen) atoms. The smallest absolute Gasteiger partial charge is 0.340 e. The fraction of sp³-hybridized carbons (Fsp3) is 0.456. The average Bonchev–Trinajstić information content (AvgIpc) is 0.907. The molecule has 464 valence electrons. The molecule has 11 heteroatoms. The standard InChI is InChI=1S/C79H82O11/c1-43(40-81)61-35-48-18-19-49-37-64-58-28-21-44-10-4-6-14-55(44)63(58)39-68(64)78(2)75(89-76(61)84)74(72-69(90-78)31-30-60-65(41-82)71(77(85)88-73(60)72)50(32-33-80)42-86-3)87-70(83)38-51-34-46(22-26-54(51)47-23-27-57(48)62(49)36-47)56-15-9-17-67-59(56)29-25-53-13-8-12-52-24-20-45-11-5-7-16-66(45)79(52,53)67/h4-7,9-11,14-17,20-24,26-28,30-31,36,46,48-54,58,63-64,68,74-75,80-82H,8,12-13,18-19,25,29,32-35,37-42H2,1-3H3/b61-43-/t46-,48-,49+,50+,51-,52-,53+,54+,58-,63+,64+,68+,74+,75-,78-,79+/m0/s1. The number of ether oxygens (including phenoxy) is 4. The van der Waals surface area contributed by atoms with Crippen LogP contribution >= 0.6 is 0 Å². The Balaban J connectivity index is 0.902. The minimum Gasteiger partial charge on any atom is -0.483 e. The molecule has 1 aromatic heterocycles. The van der Waals surface area contributed by atoms with E-state index in [1.54, 1.807) is 13.0 Å². The molecule has 11 nitrogen and oxygen atoms in total. The van der Waals surface area contributed by atoms with Crippen LogP contribution < -0.4 is 10.4 Å². The predicted octanol–water partition coefficient (Wildman–Crippen LogP) is 14.4. The van der Waals surface area contributed by atoms with Gasteiger partial charge < -0.3 is 38.7 Å². The predicted molar refractivity (Wildman–Crippen MR) is 345 cm³/mol. The highest BCUT2D eigenvalue weighted by Gasteiger charge is 2.63. The summed E-state index contributed by atoms with van der Waals surface area (Å²) in [4.78, 5) is 46.8. The molecule has 1 spiro atoms. The number of carbonyl (C=O) groups is 2. The molecule has 0 amide bonds. The Labute approximate surface area is 526 Å². The summed E-state index contributed by atoms with van der Waals surface area (Å²) < 4.78 is 34.3. The number of methoxy groups -OCH3 is 1. The lowest BCUT2D eigenvalue weighted by Gasteiger charge is -2.55. The number of rotatable bonds is 8. The Morgan fingerprint density at radius 1 is 0.756 bits per heavy atom. The van der Waals surface area contributed by atoms with Gasteiger partial charge in [-0.3, -0.25) is 4.79 Å². The number of esters is 2. The van der Waals surface area contributed by atoms with Gasteiger partial charge >= 0.3 is 17.6 Å². The van der Waals surface area contributed by atoms with Crippen molar-refractivity contribution in [3.05, 3.63) is 215 Å². The van der Waals surface area contributed by atoms with Crippen molar-refractivity contribution in [1.82, 2.24) is 0 Å². The van der Waals surface area contributed by atoms with Gasteiger partial charge in [0.05, 0.1) is 25.4 Å². The van der Waals surface area contributed by atoms with Crippen molar-refractivity contribution in [1.29, 1.82) is 0 Å². The summed E-state index contributed by atoms with van der Waals surface area (Å²) >= 11 is 0. The summed E-state index contributed by atoms with van der Waals surface area (Å²) in [6.07, 6.45) is 22.1. The summed E-state index contributed by atoms with van der Waals surface area (Å²) in [5, 5.41) is 33.1. The molecule has 0 unspecified atom stereocenters. The lowest BCUT2D eigenvalue weighted by molar-refractivity contribution is -0.202. The summed E-state index contributed by atoms with van der Waals surface area (Å²) in [7, 11) is 1.53. The van der Waals surface area contributed by atoms with E-state index < -0.39 is 47.9 Å². The van der Waals surface area contributed by atoms with Crippen LogP contribution in [0.25, 0.3) is 23.1 Å². The van der Waals surface area contributed by atoms with E-state index in [-0.39, 0.29) is 108 Å². The minimum absolute atomic E-state index is 0.00437. The first kappa shape index (κ1) is 58.0. The Hall–Kier alpha value is -7.15. The zero-order chi connectivity index (χ0) is 61.3. The molecule has 6 aromatic rings. The number of carbonyl (C=O) groups excluding carboxylic acids is 2. The topological polar surface area (TPSA) is 162 Å². The second-order valence-corrected chi connectivity index (χ2v) is 28.6. The van der Waals surface area contributed by atoms with Gasteiger partial charge in [0.15, 0.2) is 17.8 Å². The van der Waals surface area contributed by atoms with Crippen molar-refractivity contribution in [2.45, 2.75) is 163 Å². The van der Waals surface area contributed by atoms with E-state index in [2.05, 4.69) is 121 Å². The van der Waals surface area contributed by atoms with Crippen LogP contribution in [-0.4, -0.2) is 65.9 Å². The van der Waals surface area contributed by atoms with Crippen molar-refractivity contribution < 1.29 is 48.3 Å². The molecule has 5 heterocycles. The summed E-state index contributed by atoms with van der Waals surface area (Å²) in [5.74, 6) is -0.708. The quantitative estimate of drug-likeness (QED) is 0.0576. The van der Waals surface area contributed by atoms with Crippen LogP contribution in [-0.2, 0) is 42.2 Å². The van der Waals surface area contributed by atoms with Crippen LogP contribution in [0, 0.1) is 35.5 Å². The molecule has 16 atom stereocenters. The third kappa shape index (κ3) is 8.89. The van der Waals surface area contributed by atoms with Gasteiger partial charge in [-0.1, -0.05) is 128 Å². The molecule has 0 radical (unpaired) electrons. The minimum atomic E-state index is -1.37. The lowest BCUT2D eigenvalue weighted by atomic mass is 9.48. The first-order valence-corrected chi connectivity index (χ1v) is 33.6. The largest absolute Gasteiger partial charge is 0.483 e. The molecule has 2 saturated carbocycles. The van der Waals surface area contributed by atoms with Crippen molar-refractivity contribution in [3.63, 3.8) is 0 Å². The molecular formula is C79H82O11. The average molecular weight is 1210 g/mol. The summed E-state index contributed by atoms with van der Waals surface area (Å²) in [6, 6.07) is 35.6. The lowest BCUT2D eigenvalue weighted by Crippen LogP contribution is -2.59. The number of benzene rings is 5. The van der Waals surface area contributed by atoms with Crippen LogP contribution in [0.1, 0.15) is 205 Å². The zero-order valence-electron chi connectivity index (χ0n) is 51.9. The Morgan fingerprint density at radius 3 is 2.41 bits per heavy atom. The molecule has 1 saturated heterocycles. The number of allylic oxidation sites excluding steroid dienone is 4. The molecular weight excluding hydrogens is 1120 g/mol. The molecule has 17 rings (SSSR count). The molecule has 3 N–H and O–H groups in total. The molecule has 4 aliphatic heterocycles. The van der Waals surface area contributed by atoms with E-state index in [9.17, 15) is 20.1 Å². The van der Waals surface area contributed by atoms with Crippen molar-refractivity contribution in [2.24, 2.45) is 35.5 Å². The third-order valence-corrected chi connectivity index (χ3v) is 24.5. The van der Waals surface area contributed by atoms with E-state index in [0.29, 0.717) is 58.9 Å². The highest BCUT2D eigenvalue weighted by Crippen LogP contribution is 2.64. The van der Waals surface area contributed by atoms with Crippen molar-refractivity contribution >= 4 is 35.1 Å². The number of aliphatic hydroxyl groups excluding tert-OH is 3. The van der Waals surface area contributed by atoms with Gasteiger partial charge in [-0.05, 0) is 211 Å². The highest BCUT2D eigenvalue weighted by molar-refractivity contribution is 5.91. The Kier molecular flexibility index (Phi) is 14.6. The Morgan fingerprint density at radius 2 is 1.57 bits per heavy atom. The first-order chi connectivity index (χ1) is 43.9. The van der Waals surface area contributed by atoms with E-state index in [1.165, 1.54) is 82.0 Å². The number of hydrogen-bond acceptors (Lipinski definition) is 11. The highest BCUT2D eigenvalue weighted by atomic mass is 16.6. The second-order valence-electron chi connectivity index (χ2n) is 28.6. The van der Waals surface area contributed by atoms with E-state index in [4.69, 9.17) is 23.4 Å². The number of fused-ring (bicyclic) bond motifs is 16. The number of hydrogen-bond donors (Lipinski definition) is 3. The van der Waals surface area contributed by atoms with Crippen molar-refractivity contribution in [2.75, 3.05) is 26.9 Å². The van der Waals surface area contributed by atoms with Gasteiger partial charge in [-0.2, -0.15) is 0 Å². The van der Waals surface area contributed by atoms with Crippen LogP contribution in [0.3, 0.4) is 0 Å². The summed E-state index contributed by atoms with van der Waals surface area (Å²) in [6.45, 7) is 2.79. The van der Waals surface area contributed by atoms with Gasteiger partial charge in [0.1, 0.15) is 11.3 Å². The van der Waals surface area contributed by atoms with E-state index in [1.807, 2.05) is 13.0 Å². The van der Waals surface area contributed by atoms with Gasteiger partial charge in [-0.25, -0.2) is 9.59 Å². The maximum Gasteiger partial charge on any atom is 0.340 e. The van der Waals surface area contributed by atoms with Crippen molar-refractivity contribution in [3.8, 4) is 5.75 Å². The fourth-order valence-corrected chi connectivity index (χ4v) is 20.6. The summed E-state index contributed by atoms with van der Waals surface area (Å²) in [5.41, 5.74) is 12.7. The van der Waals surface area contributed by atoms with E-state index in [0.717, 1.165) is 32.1 Å². The Bertz CT molecular complexity index is 4080. The molecule has 7 aliphatic carbocycles. The SMILES string of the molecule is COC[C@@H](CCO)c1c(CO)c2ccc3c(c2oc1=O)[C@H]1OC(=O)C[C@@H]2C[C@@H](c4cccc5c4CC[C@H]4CCC[C@H]6C=Cc7ccccc7[C@]546)C=C[C@@H]2c2ccc4c(c2)[C@@H]2CC[C@H]4C/C(=C(\C)CO)C(=O)O[C@@H]1[C@@](C)(O3)[C@@H]1C[C@@H]3c4ccccc4C=C[C@@H]3[C@H]1C2. The molecule has 11 aliphatic rings. The second kappa shape index (κ2) is 22.6. The van der Waals surface area contributed by atoms with Gasteiger partial charge in [0, 0.05) is 65.7 Å². The van der Waals surface area contributed by atoms with Crippen LogP contribution in [0.4, 0.5) is 0 Å². The molecule has 5 aromatic carbocycles. The van der Waals surface area contributed by atoms with Gasteiger partial charge in [0.25, 0.3) is 0 Å². The van der Waals surface area contributed by atoms with E-state index >= 15 is 9.59 Å². The maximum atomic E-state index is 16.1. The fourth-order valence-electron chi connectivity index (χ4n) is 20.6. The van der Waals surface area contributed by atoms with Gasteiger partial charge in [0.2, 0.25) is 0 Å². The zero-order valence-corrected chi connectivity index (χ0v) is 51.9. The first-order valence-electron chi connectivity index (χ1n) is 33.6. The molecule has 3 fully saturated rings. The monoisotopic (exact) mass is 1210 g/mol. The third-order valence-electron chi connectivity index (χ3n) is 24.5. The van der Waals surface area contributed by atoms with Crippen LogP contribution in [0.5, 0.6) is 5.75 Å².